The Morgan fingerprint density at radius 2 is 2.00 bits per heavy atom. The van der Waals surface area contributed by atoms with E-state index in [9.17, 15) is 14.0 Å². The molecule has 0 bridgehead atoms. The fourth-order valence-corrected chi connectivity index (χ4v) is 1.50. The average Bonchev–Trinajstić information content (AvgIpc) is 2.39. The number of alkyl halides is 1. The zero-order chi connectivity index (χ0) is 13.5. The first-order valence-electron chi connectivity index (χ1n) is 5.24. The summed E-state index contributed by atoms with van der Waals surface area (Å²) in [6, 6.07) is 4.82. The molecule has 0 aliphatic rings. The van der Waals surface area contributed by atoms with Crippen LogP contribution in [0, 0.1) is 5.82 Å². The van der Waals surface area contributed by atoms with Crippen molar-refractivity contribution < 1.29 is 18.7 Å². The lowest BCUT2D eigenvalue weighted by atomic mass is 10.1. The van der Waals surface area contributed by atoms with Gasteiger partial charge in [0.2, 0.25) is 5.91 Å². The van der Waals surface area contributed by atoms with Gasteiger partial charge in [0, 0.05) is 6.42 Å². The predicted octanol–water partition coefficient (Wildman–Crippen LogP) is 1.26. The van der Waals surface area contributed by atoms with Crippen molar-refractivity contribution in [2.75, 3.05) is 13.0 Å². The minimum Gasteiger partial charge on any atom is -0.467 e. The zero-order valence-electron chi connectivity index (χ0n) is 9.78. The van der Waals surface area contributed by atoms with E-state index in [1.807, 2.05) is 0 Å². The lowest BCUT2D eigenvalue weighted by molar-refractivity contribution is -0.144. The van der Waals surface area contributed by atoms with Crippen molar-refractivity contribution in [3.05, 3.63) is 35.6 Å². The summed E-state index contributed by atoms with van der Waals surface area (Å²) in [6.07, 6.45) is 0.218. The third-order valence-electron chi connectivity index (χ3n) is 2.30. The molecule has 18 heavy (non-hydrogen) atoms. The van der Waals surface area contributed by atoms with E-state index in [0.29, 0.717) is 5.56 Å². The van der Waals surface area contributed by atoms with Crippen LogP contribution in [0.3, 0.4) is 0 Å². The Labute approximate surface area is 109 Å². The van der Waals surface area contributed by atoms with Gasteiger partial charge in [0.05, 0.1) is 7.11 Å². The summed E-state index contributed by atoms with van der Waals surface area (Å²) in [5.41, 5.74) is 0.710. The summed E-state index contributed by atoms with van der Waals surface area (Å²) in [7, 11) is 1.23. The van der Waals surface area contributed by atoms with Crippen LogP contribution in [0.15, 0.2) is 24.3 Å². The normalized spacial score (nSPS) is 11.7. The highest BCUT2D eigenvalue weighted by Crippen LogP contribution is 2.07. The van der Waals surface area contributed by atoms with Gasteiger partial charge >= 0.3 is 5.97 Å². The van der Waals surface area contributed by atoms with Gasteiger partial charge < -0.3 is 10.1 Å². The van der Waals surface area contributed by atoms with Crippen LogP contribution >= 0.6 is 11.6 Å². The summed E-state index contributed by atoms with van der Waals surface area (Å²) in [5, 5.41) is 2.44. The van der Waals surface area contributed by atoms with Crippen LogP contribution in [0.2, 0.25) is 0 Å². The Morgan fingerprint density at radius 1 is 1.39 bits per heavy atom. The molecular formula is C12H13ClFNO3. The number of rotatable bonds is 5. The van der Waals surface area contributed by atoms with Crippen molar-refractivity contribution in [1.29, 1.82) is 0 Å². The molecule has 1 atom stereocenters. The summed E-state index contributed by atoms with van der Waals surface area (Å²) in [6.45, 7) is 0. The molecule has 0 saturated carbocycles. The first kappa shape index (κ1) is 14.4. The van der Waals surface area contributed by atoms with Crippen molar-refractivity contribution in [3.63, 3.8) is 0 Å². The maximum Gasteiger partial charge on any atom is 0.328 e. The Balaban J connectivity index is 2.74. The lowest BCUT2D eigenvalue weighted by Gasteiger charge is -2.15. The number of amides is 1. The molecule has 6 heteroatoms. The van der Waals surface area contributed by atoms with Gasteiger partial charge in [-0.3, -0.25) is 4.79 Å². The number of esters is 1. The predicted molar refractivity (Wildman–Crippen MR) is 64.8 cm³/mol. The molecule has 1 amide bonds. The number of nitrogens with one attached hydrogen (secondary N) is 1. The molecule has 0 aliphatic heterocycles. The van der Waals surface area contributed by atoms with Crippen molar-refractivity contribution in [2.45, 2.75) is 12.5 Å². The van der Waals surface area contributed by atoms with Gasteiger partial charge in [-0.15, -0.1) is 11.6 Å². The van der Waals surface area contributed by atoms with Crippen molar-refractivity contribution in [3.8, 4) is 0 Å². The Morgan fingerprint density at radius 3 is 2.50 bits per heavy atom. The molecule has 0 heterocycles. The first-order chi connectivity index (χ1) is 8.56. The number of benzene rings is 1. The van der Waals surface area contributed by atoms with Crippen molar-refractivity contribution >= 4 is 23.5 Å². The van der Waals surface area contributed by atoms with E-state index in [1.165, 1.54) is 31.4 Å². The van der Waals surface area contributed by atoms with E-state index in [2.05, 4.69) is 10.1 Å². The largest absolute Gasteiger partial charge is 0.467 e. The van der Waals surface area contributed by atoms with Crippen LogP contribution in [0.4, 0.5) is 4.39 Å². The highest BCUT2D eigenvalue weighted by atomic mass is 35.5. The second kappa shape index (κ2) is 6.96. The molecule has 98 valence electrons. The maximum absolute atomic E-state index is 12.7. The monoisotopic (exact) mass is 273 g/mol. The molecule has 0 fully saturated rings. The number of hydrogen-bond donors (Lipinski definition) is 1. The van der Waals surface area contributed by atoms with Crippen LogP contribution in [0.1, 0.15) is 5.56 Å². The Bertz CT molecular complexity index is 422. The smallest absolute Gasteiger partial charge is 0.328 e. The van der Waals surface area contributed by atoms with E-state index in [1.54, 1.807) is 0 Å². The van der Waals surface area contributed by atoms with Gasteiger partial charge in [-0.25, -0.2) is 9.18 Å². The second-order valence-electron chi connectivity index (χ2n) is 3.61. The molecule has 0 saturated heterocycles. The molecule has 0 aromatic heterocycles. The quantitative estimate of drug-likeness (QED) is 0.649. The number of ether oxygens (including phenoxy) is 1. The molecular weight excluding hydrogens is 261 g/mol. The summed E-state index contributed by atoms with van der Waals surface area (Å²) < 4.78 is 17.3. The van der Waals surface area contributed by atoms with Crippen LogP contribution < -0.4 is 5.32 Å². The van der Waals surface area contributed by atoms with Gasteiger partial charge in [0.15, 0.2) is 0 Å². The van der Waals surface area contributed by atoms with Crippen molar-refractivity contribution in [1.82, 2.24) is 5.32 Å². The van der Waals surface area contributed by atoms with Crippen LogP contribution in [0.5, 0.6) is 0 Å². The van der Waals surface area contributed by atoms with E-state index in [4.69, 9.17) is 11.6 Å². The third-order valence-corrected chi connectivity index (χ3v) is 2.54. The van der Waals surface area contributed by atoms with Crippen LogP contribution in [0.25, 0.3) is 0 Å². The number of halogens is 2. The second-order valence-corrected chi connectivity index (χ2v) is 3.87. The standard InChI is InChI=1S/C12H13ClFNO3/c1-18-12(17)10(15-11(16)7-13)6-8-2-4-9(14)5-3-8/h2-5,10H,6-7H2,1H3,(H,15,16)/t10-/m0/s1. The fraction of sp³-hybridized carbons (Fsp3) is 0.333. The Kier molecular flexibility index (Phi) is 5.58. The lowest BCUT2D eigenvalue weighted by Crippen LogP contribution is -2.43. The molecule has 4 nitrogen and oxygen atoms in total. The molecule has 1 aromatic carbocycles. The molecule has 0 unspecified atom stereocenters. The highest BCUT2D eigenvalue weighted by molar-refractivity contribution is 6.27. The molecule has 1 aromatic rings. The summed E-state index contributed by atoms with van der Waals surface area (Å²) in [5.74, 6) is -1.64. The number of carbonyl (C=O) groups excluding carboxylic acids is 2. The van der Waals surface area contributed by atoms with Gasteiger partial charge in [0.1, 0.15) is 17.7 Å². The SMILES string of the molecule is COC(=O)[C@H](Cc1ccc(F)cc1)NC(=O)CCl. The minimum absolute atomic E-state index is 0.218. The highest BCUT2D eigenvalue weighted by Gasteiger charge is 2.21. The van der Waals surface area contributed by atoms with Crippen LogP contribution in [-0.2, 0) is 20.7 Å². The fourth-order valence-electron chi connectivity index (χ4n) is 1.42. The van der Waals surface area contributed by atoms with Crippen LogP contribution in [-0.4, -0.2) is 30.9 Å². The number of methoxy groups -OCH3 is 1. The minimum atomic E-state index is -0.827. The number of hydrogen-bond acceptors (Lipinski definition) is 3. The average molecular weight is 274 g/mol. The molecule has 1 N–H and O–H groups in total. The molecule has 1 rings (SSSR count). The van der Waals surface area contributed by atoms with Gasteiger partial charge in [-0.1, -0.05) is 12.1 Å². The first-order valence-corrected chi connectivity index (χ1v) is 5.78. The van der Waals surface area contributed by atoms with E-state index in [-0.39, 0.29) is 18.1 Å². The van der Waals surface area contributed by atoms with E-state index < -0.39 is 17.9 Å². The molecule has 0 aliphatic carbocycles. The summed E-state index contributed by atoms with van der Waals surface area (Å²) in [4.78, 5) is 22.7. The maximum atomic E-state index is 12.7. The molecule has 0 radical (unpaired) electrons. The Hall–Kier alpha value is -1.62. The third kappa shape index (κ3) is 4.33. The van der Waals surface area contributed by atoms with Gasteiger partial charge in [-0.2, -0.15) is 0 Å². The summed E-state index contributed by atoms with van der Waals surface area (Å²) >= 11 is 5.35. The molecule has 0 spiro atoms. The van der Waals surface area contributed by atoms with Crippen molar-refractivity contribution in [2.24, 2.45) is 0 Å². The topological polar surface area (TPSA) is 55.4 Å². The van der Waals surface area contributed by atoms with E-state index >= 15 is 0 Å². The van der Waals surface area contributed by atoms with Gasteiger partial charge in [-0.05, 0) is 17.7 Å². The number of carbonyl (C=O) groups is 2. The van der Waals surface area contributed by atoms with E-state index in [0.717, 1.165) is 0 Å². The van der Waals surface area contributed by atoms with Gasteiger partial charge in [0.25, 0.3) is 0 Å². The zero-order valence-corrected chi connectivity index (χ0v) is 10.5.